The number of fused-ring (bicyclic) bond motifs is 12. The lowest BCUT2D eigenvalue weighted by atomic mass is 10.0. The number of thiophene rings is 1. The molecule has 7 heteroatoms. The number of hydrogen-bond donors (Lipinski definition) is 0. The van der Waals surface area contributed by atoms with E-state index >= 15 is 0 Å². The van der Waals surface area contributed by atoms with Gasteiger partial charge in [0.05, 0.1) is 32.5 Å². The third kappa shape index (κ3) is 5.82. The Morgan fingerprint density at radius 1 is 0.329 bits per heavy atom. The van der Waals surface area contributed by atoms with Crippen LogP contribution in [-0.4, -0.2) is 24.1 Å². The summed E-state index contributed by atoms with van der Waals surface area (Å²) >= 11 is 1.80. The standard InChI is InChI=1S/C63H37N5OS/c1-3-16-38(17-4-1)61-64-62(39-18-5-2-6-19-39)66-63(65-61)49-27-14-25-47-48-26-15-30-56(60(48)70-59(47)49)68-53-29-11-8-21-44(53)51-37-41(33-35-55(51)68)67-52-28-10-7-20-43(52)50-36-40(32-34-54(50)67)42-23-13-24-46-45-22-9-12-31-57(45)69-58(42)46/h1-37H. The molecule has 10 aromatic carbocycles. The van der Waals surface area contributed by atoms with E-state index < -0.39 is 0 Å². The maximum Gasteiger partial charge on any atom is 0.165 e. The minimum absolute atomic E-state index is 0.648. The molecule has 0 saturated heterocycles. The molecule has 15 rings (SSSR count). The Morgan fingerprint density at radius 2 is 0.857 bits per heavy atom. The van der Waals surface area contributed by atoms with Gasteiger partial charge in [-0.1, -0.05) is 164 Å². The summed E-state index contributed by atoms with van der Waals surface area (Å²) in [6.45, 7) is 0. The van der Waals surface area contributed by atoms with Crippen LogP contribution < -0.4 is 0 Å². The highest BCUT2D eigenvalue weighted by Gasteiger charge is 2.22. The van der Waals surface area contributed by atoms with Gasteiger partial charge in [-0.05, 0) is 66.2 Å². The van der Waals surface area contributed by atoms with Gasteiger partial charge in [0.15, 0.2) is 17.5 Å². The molecule has 0 aliphatic heterocycles. The van der Waals surface area contributed by atoms with Gasteiger partial charge >= 0.3 is 0 Å². The summed E-state index contributed by atoms with van der Waals surface area (Å²) in [6.07, 6.45) is 0. The molecule has 0 atom stereocenters. The van der Waals surface area contributed by atoms with Crippen molar-refractivity contribution in [1.82, 2.24) is 24.1 Å². The Balaban J connectivity index is 0.897. The van der Waals surface area contributed by atoms with E-state index in [1.165, 1.54) is 37.0 Å². The molecular weight excluding hydrogens is 875 g/mol. The average molecular weight is 912 g/mol. The molecule has 0 aliphatic rings. The first-order valence-corrected chi connectivity index (χ1v) is 24.3. The maximum atomic E-state index is 6.51. The third-order valence-corrected chi connectivity index (χ3v) is 15.3. The summed E-state index contributed by atoms with van der Waals surface area (Å²) in [6, 6.07) is 79.7. The molecule has 5 heterocycles. The number of nitrogens with zero attached hydrogens (tertiary/aromatic N) is 5. The predicted molar refractivity (Wildman–Crippen MR) is 290 cm³/mol. The molecule has 6 nitrogen and oxygen atoms in total. The van der Waals surface area contributed by atoms with E-state index in [9.17, 15) is 0 Å². The van der Waals surface area contributed by atoms with Crippen molar-refractivity contribution in [2.24, 2.45) is 0 Å². The van der Waals surface area contributed by atoms with Gasteiger partial charge in [-0.25, -0.2) is 15.0 Å². The van der Waals surface area contributed by atoms with E-state index in [4.69, 9.17) is 19.4 Å². The minimum Gasteiger partial charge on any atom is -0.455 e. The minimum atomic E-state index is 0.648. The van der Waals surface area contributed by atoms with Crippen molar-refractivity contribution in [3.63, 3.8) is 0 Å². The second-order valence-corrected chi connectivity index (χ2v) is 18.9. The number of rotatable bonds is 6. The smallest absolute Gasteiger partial charge is 0.165 e. The second-order valence-electron chi connectivity index (χ2n) is 17.9. The summed E-state index contributed by atoms with van der Waals surface area (Å²) in [5.74, 6) is 1.95. The van der Waals surface area contributed by atoms with Gasteiger partial charge in [-0.3, -0.25) is 0 Å². The zero-order valence-corrected chi connectivity index (χ0v) is 38.2. The highest BCUT2D eigenvalue weighted by Crippen LogP contribution is 2.45. The fraction of sp³-hybridized carbons (Fsp3) is 0. The molecule has 0 radical (unpaired) electrons. The molecule has 0 bridgehead atoms. The molecule has 0 aliphatic carbocycles. The molecule has 0 spiro atoms. The van der Waals surface area contributed by atoms with Gasteiger partial charge in [-0.2, -0.15) is 0 Å². The topological polar surface area (TPSA) is 61.7 Å². The van der Waals surface area contributed by atoms with Crippen LogP contribution in [0.5, 0.6) is 0 Å². The van der Waals surface area contributed by atoms with Crippen LogP contribution in [-0.2, 0) is 0 Å². The van der Waals surface area contributed by atoms with Crippen molar-refractivity contribution in [3.8, 4) is 56.7 Å². The van der Waals surface area contributed by atoms with E-state index in [1.807, 2.05) is 48.5 Å². The fourth-order valence-electron chi connectivity index (χ4n) is 10.8. The Kier molecular flexibility index (Phi) is 8.43. The Labute approximate surface area is 404 Å². The van der Waals surface area contributed by atoms with Crippen LogP contribution in [0.2, 0.25) is 0 Å². The van der Waals surface area contributed by atoms with Gasteiger partial charge < -0.3 is 13.6 Å². The normalized spacial score (nSPS) is 12.0. The Hall–Kier alpha value is -9.17. The van der Waals surface area contributed by atoms with Gasteiger partial charge in [-0.15, -0.1) is 11.3 Å². The summed E-state index contributed by atoms with van der Waals surface area (Å²) in [5.41, 5.74) is 13.8. The van der Waals surface area contributed by atoms with Crippen molar-refractivity contribution in [2.75, 3.05) is 0 Å². The quantitative estimate of drug-likeness (QED) is 0.167. The molecular formula is C63H37N5OS. The van der Waals surface area contributed by atoms with Crippen molar-refractivity contribution < 1.29 is 4.42 Å². The second kappa shape index (κ2) is 15.2. The molecule has 15 aromatic rings. The summed E-state index contributed by atoms with van der Waals surface area (Å²) in [4.78, 5) is 15.3. The van der Waals surface area contributed by atoms with Crippen molar-refractivity contribution in [2.45, 2.75) is 0 Å². The third-order valence-electron chi connectivity index (χ3n) is 14.0. The fourth-order valence-corrected chi connectivity index (χ4v) is 12.2. The van der Waals surface area contributed by atoms with E-state index in [-0.39, 0.29) is 0 Å². The van der Waals surface area contributed by atoms with E-state index in [0.717, 1.165) is 87.9 Å². The number of para-hydroxylation sites is 4. The number of aromatic nitrogens is 5. The monoisotopic (exact) mass is 911 g/mol. The number of hydrogen-bond acceptors (Lipinski definition) is 5. The van der Waals surface area contributed by atoms with Crippen LogP contribution in [0.15, 0.2) is 229 Å². The summed E-state index contributed by atoms with van der Waals surface area (Å²) in [5, 5.41) is 9.44. The maximum absolute atomic E-state index is 6.51. The molecule has 0 N–H and O–H groups in total. The first-order chi connectivity index (χ1) is 34.7. The SMILES string of the molecule is c1ccc(-c2nc(-c3ccccc3)nc(-c3cccc4c3sc3c(-n5c6ccccc6c6cc(-n7c8ccccc8c8cc(-c9cccc%10c9oc9ccccc9%10)ccc87)ccc65)cccc34)n2)cc1. The molecule has 0 amide bonds. The molecule has 5 aromatic heterocycles. The van der Waals surface area contributed by atoms with Crippen LogP contribution in [0.3, 0.4) is 0 Å². The largest absolute Gasteiger partial charge is 0.455 e. The van der Waals surface area contributed by atoms with Crippen LogP contribution in [0, 0.1) is 0 Å². The van der Waals surface area contributed by atoms with Gasteiger partial charge in [0, 0.05) is 75.7 Å². The molecule has 326 valence electrons. The van der Waals surface area contributed by atoms with Crippen LogP contribution in [0.25, 0.3) is 142 Å². The molecule has 0 fully saturated rings. The predicted octanol–water partition coefficient (Wildman–Crippen LogP) is 17.0. The lowest BCUT2D eigenvalue weighted by Gasteiger charge is -2.11. The van der Waals surface area contributed by atoms with Crippen LogP contribution in [0.1, 0.15) is 0 Å². The summed E-state index contributed by atoms with van der Waals surface area (Å²) < 4.78 is 13.7. The first-order valence-electron chi connectivity index (χ1n) is 23.5. The molecule has 0 saturated carbocycles. The van der Waals surface area contributed by atoms with Crippen molar-refractivity contribution in [1.29, 1.82) is 0 Å². The lowest BCUT2D eigenvalue weighted by Crippen LogP contribution is -2.00. The van der Waals surface area contributed by atoms with Crippen LogP contribution >= 0.6 is 11.3 Å². The number of furan rings is 1. The van der Waals surface area contributed by atoms with Crippen molar-refractivity contribution >= 4 is 97.1 Å². The first kappa shape index (κ1) is 38.9. The zero-order chi connectivity index (χ0) is 45.9. The highest BCUT2D eigenvalue weighted by atomic mass is 32.1. The van der Waals surface area contributed by atoms with E-state index in [1.54, 1.807) is 11.3 Å². The number of benzene rings is 10. The zero-order valence-electron chi connectivity index (χ0n) is 37.4. The Bertz CT molecular complexity index is 4540. The Morgan fingerprint density at radius 3 is 1.60 bits per heavy atom. The highest BCUT2D eigenvalue weighted by molar-refractivity contribution is 7.26. The van der Waals surface area contributed by atoms with Crippen molar-refractivity contribution in [3.05, 3.63) is 224 Å². The van der Waals surface area contributed by atoms with Gasteiger partial charge in [0.2, 0.25) is 0 Å². The summed E-state index contributed by atoms with van der Waals surface area (Å²) in [7, 11) is 0. The van der Waals surface area contributed by atoms with E-state index in [2.05, 4.69) is 185 Å². The van der Waals surface area contributed by atoms with Gasteiger partial charge in [0.25, 0.3) is 0 Å². The van der Waals surface area contributed by atoms with E-state index in [0.29, 0.717) is 17.5 Å². The molecule has 70 heavy (non-hydrogen) atoms. The molecule has 0 unspecified atom stereocenters. The van der Waals surface area contributed by atoms with Crippen LogP contribution in [0.4, 0.5) is 0 Å². The average Bonchev–Trinajstić information content (AvgIpc) is 4.19. The lowest BCUT2D eigenvalue weighted by molar-refractivity contribution is 0.670. The van der Waals surface area contributed by atoms with Gasteiger partial charge in [0.1, 0.15) is 11.2 Å².